The molecule has 1 amide bonds. The SMILES string of the molecule is CC(C)(Oc1ccc(Cl)cc1F)C(=O)N1CCCC1c1cccc(C#N)c1. The summed E-state index contributed by atoms with van der Waals surface area (Å²) in [7, 11) is 0. The van der Waals surface area contributed by atoms with E-state index in [4.69, 9.17) is 21.6 Å². The van der Waals surface area contributed by atoms with Gasteiger partial charge in [-0.15, -0.1) is 0 Å². The molecule has 0 spiro atoms. The molecular weight excluding hydrogens is 367 g/mol. The van der Waals surface area contributed by atoms with Gasteiger partial charge in [0.1, 0.15) is 0 Å². The van der Waals surface area contributed by atoms with Crippen LogP contribution in [0.25, 0.3) is 0 Å². The summed E-state index contributed by atoms with van der Waals surface area (Å²) in [5.74, 6) is -0.843. The summed E-state index contributed by atoms with van der Waals surface area (Å²) in [6.07, 6.45) is 1.67. The first-order valence-corrected chi connectivity index (χ1v) is 9.15. The van der Waals surface area contributed by atoms with Crippen LogP contribution >= 0.6 is 11.6 Å². The van der Waals surface area contributed by atoms with Gasteiger partial charge >= 0.3 is 0 Å². The van der Waals surface area contributed by atoms with Crippen LogP contribution in [-0.2, 0) is 4.79 Å². The number of ether oxygens (including phenoxy) is 1. The molecule has 6 heteroatoms. The van der Waals surface area contributed by atoms with Crippen molar-refractivity contribution in [1.82, 2.24) is 4.90 Å². The third-order valence-electron chi connectivity index (χ3n) is 4.69. The van der Waals surface area contributed by atoms with Crippen molar-refractivity contribution in [2.24, 2.45) is 0 Å². The van der Waals surface area contributed by atoms with E-state index in [-0.39, 0.29) is 22.7 Å². The maximum absolute atomic E-state index is 14.1. The molecule has 4 nitrogen and oxygen atoms in total. The van der Waals surface area contributed by atoms with Crippen molar-refractivity contribution in [3.8, 4) is 11.8 Å². The number of benzene rings is 2. The van der Waals surface area contributed by atoms with Crippen LogP contribution in [0, 0.1) is 17.1 Å². The summed E-state index contributed by atoms with van der Waals surface area (Å²) >= 11 is 5.77. The molecule has 0 N–H and O–H groups in total. The van der Waals surface area contributed by atoms with Crippen molar-refractivity contribution in [1.29, 1.82) is 5.26 Å². The first-order chi connectivity index (χ1) is 12.8. The fraction of sp³-hybridized carbons (Fsp3) is 0.333. The number of hydrogen-bond acceptors (Lipinski definition) is 3. The molecule has 1 fully saturated rings. The smallest absolute Gasteiger partial charge is 0.266 e. The molecule has 1 aliphatic heterocycles. The predicted molar refractivity (Wildman–Crippen MR) is 101 cm³/mol. The van der Waals surface area contributed by atoms with Crippen molar-refractivity contribution >= 4 is 17.5 Å². The molecule has 0 radical (unpaired) electrons. The maximum atomic E-state index is 14.1. The molecule has 27 heavy (non-hydrogen) atoms. The number of nitrogens with zero attached hydrogens (tertiary/aromatic N) is 2. The number of hydrogen-bond donors (Lipinski definition) is 0. The summed E-state index contributed by atoms with van der Waals surface area (Å²) in [6.45, 7) is 3.85. The Hall–Kier alpha value is -2.58. The van der Waals surface area contributed by atoms with Gasteiger partial charge in [-0.05, 0) is 62.6 Å². The van der Waals surface area contributed by atoms with Crippen LogP contribution in [0.15, 0.2) is 42.5 Å². The van der Waals surface area contributed by atoms with Gasteiger partial charge < -0.3 is 9.64 Å². The van der Waals surface area contributed by atoms with E-state index in [2.05, 4.69) is 6.07 Å². The van der Waals surface area contributed by atoms with Crippen LogP contribution in [0.2, 0.25) is 5.02 Å². The van der Waals surface area contributed by atoms with Gasteiger partial charge in [-0.1, -0.05) is 23.7 Å². The lowest BCUT2D eigenvalue weighted by Crippen LogP contribution is -2.48. The highest BCUT2D eigenvalue weighted by Gasteiger charge is 2.40. The maximum Gasteiger partial charge on any atom is 0.266 e. The summed E-state index contributed by atoms with van der Waals surface area (Å²) in [4.78, 5) is 14.9. The number of halogens is 2. The fourth-order valence-electron chi connectivity index (χ4n) is 3.39. The summed E-state index contributed by atoms with van der Waals surface area (Å²) < 4.78 is 19.8. The van der Waals surface area contributed by atoms with Gasteiger partial charge in [0.2, 0.25) is 0 Å². The molecule has 1 atom stereocenters. The van der Waals surface area contributed by atoms with E-state index >= 15 is 0 Å². The van der Waals surface area contributed by atoms with Gasteiger partial charge in [0, 0.05) is 11.6 Å². The monoisotopic (exact) mass is 386 g/mol. The van der Waals surface area contributed by atoms with Gasteiger partial charge in [0.25, 0.3) is 5.91 Å². The van der Waals surface area contributed by atoms with Crippen molar-refractivity contribution in [3.63, 3.8) is 0 Å². The highest BCUT2D eigenvalue weighted by atomic mass is 35.5. The summed E-state index contributed by atoms with van der Waals surface area (Å²) in [5.41, 5.74) is 0.239. The molecule has 1 heterocycles. The van der Waals surface area contributed by atoms with Gasteiger partial charge in [-0.25, -0.2) is 4.39 Å². The van der Waals surface area contributed by atoms with E-state index in [1.54, 1.807) is 24.8 Å². The van der Waals surface area contributed by atoms with Crippen LogP contribution in [-0.4, -0.2) is 23.0 Å². The first-order valence-electron chi connectivity index (χ1n) is 8.77. The van der Waals surface area contributed by atoms with E-state index in [1.807, 2.05) is 18.2 Å². The molecule has 2 aromatic rings. The molecule has 1 unspecified atom stereocenters. The van der Waals surface area contributed by atoms with Crippen molar-refractivity contribution in [3.05, 3.63) is 64.4 Å². The Morgan fingerprint density at radius 3 is 2.81 bits per heavy atom. The highest BCUT2D eigenvalue weighted by Crippen LogP contribution is 2.35. The highest BCUT2D eigenvalue weighted by molar-refractivity contribution is 6.30. The number of rotatable bonds is 4. The van der Waals surface area contributed by atoms with E-state index < -0.39 is 11.4 Å². The Bertz CT molecular complexity index is 907. The molecule has 0 bridgehead atoms. The average molecular weight is 387 g/mol. The van der Waals surface area contributed by atoms with E-state index in [1.165, 1.54) is 12.1 Å². The molecule has 2 aromatic carbocycles. The largest absolute Gasteiger partial charge is 0.475 e. The molecule has 0 saturated carbocycles. The van der Waals surface area contributed by atoms with Crippen LogP contribution < -0.4 is 4.74 Å². The average Bonchev–Trinajstić information content (AvgIpc) is 3.13. The number of nitriles is 1. The lowest BCUT2D eigenvalue weighted by atomic mass is 10.0. The van der Waals surface area contributed by atoms with Crippen LogP contribution in [0.1, 0.15) is 43.9 Å². The number of likely N-dealkylation sites (tertiary alicyclic amines) is 1. The molecule has 140 valence electrons. The summed E-state index contributed by atoms with van der Waals surface area (Å²) in [5, 5.41) is 9.39. The minimum absolute atomic E-state index is 0.0139. The normalized spacial score (nSPS) is 16.9. The van der Waals surface area contributed by atoms with Crippen molar-refractivity contribution in [2.75, 3.05) is 6.54 Å². The Kier molecular flexibility index (Phi) is 5.38. The minimum Gasteiger partial charge on any atom is -0.475 e. The fourth-order valence-corrected chi connectivity index (χ4v) is 3.55. The standard InChI is InChI=1S/C21H20ClFN2O2/c1-21(2,27-19-9-8-16(22)12-17(19)23)20(26)25-10-4-7-18(25)15-6-3-5-14(11-15)13-24/h3,5-6,8-9,11-12,18H,4,7,10H2,1-2H3. The number of amides is 1. The molecular formula is C21H20ClFN2O2. The number of carbonyl (C=O) groups is 1. The van der Waals surface area contributed by atoms with Crippen molar-refractivity contribution < 1.29 is 13.9 Å². The van der Waals surface area contributed by atoms with Gasteiger partial charge in [-0.3, -0.25) is 4.79 Å². The molecule has 1 aliphatic rings. The third kappa shape index (κ3) is 4.06. The topological polar surface area (TPSA) is 53.3 Å². The van der Waals surface area contributed by atoms with Crippen LogP contribution in [0.3, 0.4) is 0 Å². The van der Waals surface area contributed by atoms with E-state index in [0.717, 1.165) is 24.5 Å². The zero-order chi connectivity index (χ0) is 19.6. The van der Waals surface area contributed by atoms with Crippen LogP contribution in [0.5, 0.6) is 5.75 Å². The lowest BCUT2D eigenvalue weighted by molar-refractivity contribution is -0.146. The van der Waals surface area contributed by atoms with E-state index in [9.17, 15) is 9.18 Å². The third-order valence-corrected chi connectivity index (χ3v) is 4.92. The second-order valence-corrected chi connectivity index (χ2v) is 7.52. The lowest BCUT2D eigenvalue weighted by Gasteiger charge is -2.33. The molecule has 3 rings (SSSR count). The molecule has 1 saturated heterocycles. The Labute approximate surface area is 163 Å². The van der Waals surface area contributed by atoms with Crippen LogP contribution in [0.4, 0.5) is 4.39 Å². The Morgan fingerprint density at radius 2 is 2.11 bits per heavy atom. The molecule has 0 aliphatic carbocycles. The quantitative estimate of drug-likeness (QED) is 0.753. The van der Waals surface area contributed by atoms with Gasteiger partial charge in [-0.2, -0.15) is 5.26 Å². The predicted octanol–water partition coefficient (Wildman–Crippen LogP) is 4.87. The Morgan fingerprint density at radius 1 is 1.33 bits per heavy atom. The van der Waals surface area contributed by atoms with Gasteiger partial charge in [0.15, 0.2) is 17.2 Å². The first kappa shape index (κ1) is 19.2. The van der Waals surface area contributed by atoms with Crippen molar-refractivity contribution in [2.45, 2.75) is 38.3 Å². The second-order valence-electron chi connectivity index (χ2n) is 7.08. The zero-order valence-electron chi connectivity index (χ0n) is 15.2. The number of carbonyl (C=O) groups excluding carboxylic acids is 1. The summed E-state index contributed by atoms with van der Waals surface area (Å²) in [6, 6.07) is 13.4. The van der Waals surface area contributed by atoms with E-state index in [0.29, 0.717) is 12.1 Å². The minimum atomic E-state index is -1.25. The second kappa shape index (κ2) is 7.58. The molecule has 0 aromatic heterocycles. The van der Waals surface area contributed by atoms with Gasteiger partial charge in [0.05, 0.1) is 17.7 Å². The zero-order valence-corrected chi connectivity index (χ0v) is 16.0. The Balaban J connectivity index is 1.83.